The van der Waals surface area contributed by atoms with Crippen LogP contribution in [-0.2, 0) is 4.79 Å². The molecule has 0 fully saturated rings. The van der Waals surface area contributed by atoms with Crippen molar-refractivity contribution in [3.63, 3.8) is 0 Å². The van der Waals surface area contributed by atoms with E-state index >= 15 is 0 Å². The van der Waals surface area contributed by atoms with E-state index in [1.54, 1.807) is 0 Å². The van der Waals surface area contributed by atoms with E-state index in [1.165, 1.54) is 0 Å². The van der Waals surface area contributed by atoms with E-state index in [9.17, 15) is 4.79 Å². The van der Waals surface area contributed by atoms with Gasteiger partial charge in [-0.1, -0.05) is 20.8 Å². The number of nitrogens with one attached hydrogen (secondary N) is 2. The van der Waals surface area contributed by atoms with Gasteiger partial charge in [0.1, 0.15) is 17.5 Å². The quantitative estimate of drug-likeness (QED) is 0.767. The van der Waals surface area contributed by atoms with Crippen LogP contribution in [0.1, 0.15) is 45.9 Å². The first-order valence-corrected chi connectivity index (χ1v) is 7.58. The minimum atomic E-state index is 0.00839. The monoisotopic (exact) mass is 293 g/mol. The van der Waals surface area contributed by atoms with Crippen LogP contribution in [0.4, 0.5) is 11.6 Å². The molecule has 0 aromatic carbocycles. The molecule has 1 aromatic heterocycles. The fourth-order valence-electron chi connectivity index (χ4n) is 1.79. The molecule has 118 valence electrons. The molecule has 1 rings (SSSR count). The lowest BCUT2D eigenvalue weighted by molar-refractivity contribution is -0.119. The van der Waals surface area contributed by atoms with Gasteiger partial charge in [-0.3, -0.25) is 4.79 Å². The number of carbonyl (C=O) groups excluding carboxylic acids is 1. The topological polar surface area (TPSA) is 70.2 Å². The number of aromatic nitrogens is 2. The van der Waals surface area contributed by atoms with E-state index in [0.29, 0.717) is 13.1 Å². The predicted molar refractivity (Wildman–Crippen MR) is 86.9 cm³/mol. The highest BCUT2D eigenvalue weighted by atomic mass is 16.2. The molecule has 0 unspecified atom stereocenters. The van der Waals surface area contributed by atoms with Gasteiger partial charge in [0.15, 0.2) is 0 Å². The van der Waals surface area contributed by atoms with Crippen molar-refractivity contribution in [3.05, 3.63) is 11.9 Å². The van der Waals surface area contributed by atoms with E-state index in [0.717, 1.165) is 30.4 Å². The summed E-state index contributed by atoms with van der Waals surface area (Å²) in [5.74, 6) is 2.59. The summed E-state index contributed by atoms with van der Waals surface area (Å²) in [5.41, 5.74) is 0. The average Bonchev–Trinajstić information content (AvgIpc) is 2.45. The van der Waals surface area contributed by atoms with Gasteiger partial charge in [-0.25, -0.2) is 9.97 Å². The molecular weight excluding hydrogens is 266 g/mol. The molecule has 6 heteroatoms. The van der Waals surface area contributed by atoms with Crippen LogP contribution in [0.5, 0.6) is 0 Å². The first-order chi connectivity index (χ1) is 9.97. The predicted octanol–water partition coefficient (Wildman–Crippen LogP) is 1.99. The van der Waals surface area contributed by atoms with Gasteiger partial charge in [-0.15, -0.1) is 0 Å². The molecule has 0 saturated carbocycles. The Labute approximate surface area is 127 Å². The van der Waals surface area contributed by atoms with Crippen molar-refractivity contribution in [3.8, 4) is 0 Å². The summed E-state index contributed by atoms with van der Waals surface area (Å²) in [6.45, 7) is 9.97. The summed E-state index contributed by atoms with van der Waals surface area (Å²) in [4.78, 5) is 22.7. The van der Waals surface area contributed by atoms with Crippen LogP contribution in [-0.4, -0.2) is 42.6 Å². The second-order valence-corrected chi connectivity index (χ2v) is 5.36. The van der Waals surface area contributed by atoms with Crippen molar-refractivity contribution >= 4 is 17.5 Å². The number of anilines is 2. The Balaban J connectivity index is 2.86. The smallest absolute Gasteiger partial charge is 0.239 e. The van der Waals surface area contributed by atoms with Crippen molar-refractivity contribution in [2.75, 3.05) is 36.9 Å². The Morgan fingerprint density at radius 3 is 2.62 bits per heavy atom. The number of rotatable bonds is 8. The molecule has 1 aromatic rings. The Morgan fingerprint density at radius 2 is 2.05 bits per heavy atom. The maximum Gasteiger partial charge on any atom is 0.239 e. The highest BCUT2D eigenvalue weighted by Gasteiger charge is 2.13. The number of hydrogen-bond acceptors (Lipinski definition) is 5. The van der Waals surface area contributed by atoms with Crippen molar-refractivity contribution in [2.45, 2.75) is 40.0 Å². The molecule has 1 amide bonds. The summed E-state index contributed by atoms with van der Waals surface area (Å²) in [6, 6.07) is 1.88. The molecule has 6 nitrogen and oxygen atoms in total. The van der Waals surface area contributed by atoms with E-state index in [2.05, 4.69) is 34.4 Å². The average molecular weight is 293 g/mol. The second kappa shape index (κ2) is 8.44. The van der Waals surface area contributed by atoms with Gasteiger partial charge in [-0.05, 0) is 13.3 Å². The van der Waals surface area contributed by atoms with Crippen LogP contribution in [0.3, 0.4) is 0 Å². The zero-order valence-corrected chi connectivity index (χ0v) is 13.7. The summed E-state index contributed by atoms with van der Waals surface area (Å²) < 4.78 is 0. The molecule has 0 radical (unpaired) electrons. The van der Waals surface area contributed by atoms with Crippen molar-refractivity contribution in [1.29, 1.82) is 0 Å². The summed E-state index contributed by atoms with van der Waals surface area (Å²) >= 11 is 0. The van der Waals surface area contributed by atoms with Crippen molar-refractivity contribution < 1.29 is 4.79 Å². The summed E-state index contributed by atoms with van der Waals surface area (Å²) in [5, 5.41) is 6.08. The summed E-state index contributed by atoms with van der Waals surface area (Å²) in [7, 11) is 1.87. The Morgan fingerprint density at radius 1 is 1.33 bits per heavy atom. The number of likely N-dealkylation sites (N-methyl/N-ethyl adjacent to an activating group) is 1. The van der Waals surface area contributed by atoms with Gasteiger partial charge < -0.3 is 15.5 Å². The zero-order valence-electron chi connectivity index (χ0n) is 13.7. The number of nitrogens with zero attached hydrogens (tertiary/aromatic N) is 3. The molecule has 2 N–H and O–H groups in total. The molecule has 0 aliphatic rings. The molecule has 0 spiro atoms. The molecule has 1 heterocycles. The fraction of sp³-hybridized carbons (Fsp3) is 0.667. The van der Waals surface area contributed by atoms with E-state index in [-0.39, 0.29) is 11.8 Å². The minimum absolute atomic E-state index is 0.00839. The van der Waals surface area contributed by atoms with Crippen molar-refractivity contribution in [2.24, 2.45) is 0 Å². The fourth-order valence-corrected chi connectivity index (χ4v) is 1.79. The SMILES string of the molecule is CCCNC(=O)CN(C)c1cc(NCC)nc(C(C)C)n1. The molecule has 0 aliphatic carbocycles. The Hall–Kier alpha value is -1.85. The van der Waals surface area contributed by atoms with Gasteiger partial charge in [0.25, 0.3) is 0 Å². The van der Waals surface area contributed by atoms with Crippen LogP contribution in [0.15, 0.2) is 6.07 Å². The molecule has 0 bridgehead atoms. The summed E-state index contributed by atoms with van der Waals surface area (Å²) in [6.07, 6.45) is 0.936. The zero-order chi connectivity index (χ0) is 15.8. The molecule has 0 aliphatic heterocycles. The maximum atomic E-state index is 11.8. The Bertz CT molecular complexity index is 461. The maximum absolute atomic E-state index is 11.8. The highest BCUT2D eigenvalue weighted by Crippen LogP contribution is 2.19. The lowest BCUT2D eigenvalue weighted by Gasteiger charge is -2.20. The molecule has 21 heavy (non-hydrogen) atoms. The van der Waals surface area contributed by atoms with Crippen LogP contribution >= 0.6 is 0 Å². The molecular formula is C15H27N5O. The van der Waals surface area contributed by atoms with Gasteiger partial charge in [0, 0.05) is 32.1 Å². The Kier molecular flexibility index (Phi) is 6.91. The molecule has 0 saturated heterocycles. The van der Waals surface area contributed by atoms with Gasteiger partial charge >= 0.3 is 0 Å². The minimum Gasteiger partial charge on any atom is -0.370 e. The van der Waals surface area contributed by atoms with Gasteiger partial charge in [0.05, 0.1) is 6.54 Å². The van der Waals surface area contributed by atoms with Crippen LogP contribution in [0, 0.1) is 0 Å². The second-order valence-electron chi connectivity index (χ2n) is 5.36. The van der Waals surface area contributed by atoms with E-state index < -0.39 is 0 Å². The highest BCUT2D eigenvalue weighted by molar-refractivity contribution is 5.80. The van der Waals surface area contributed by atoms with Crippen LogP contribution < -0.4 is 15.5 Å². The lowest BCUT2D eigenvalue weighted by atomic mass is 10.2. The number of amides is 1. The standard InChI is InChI=1S/C15H27N5O/c1-6-8-17-14(21)10-20(5)13-9-12(16-7-2)18-15(19-13)11(3)4/h9,11H,6-8,10H2,1-5H3,(H,17,21)(H,16,18,19). The largest absolute Gasteiger partial charge is 0.370 e. The van der Waals surface area contributed by atoms with E-state index in [4.69, 9.17) is 0 Å². The number of hydrogen-bond donors (Lipinski definition) is 2. The third-order valence-electron chi connectivity index (χ3n) is 2.95. The third kappa shape index (κ3) is 5.57. The van der Waals surface area contributed by atoms with Gasteiger partial charge in [-0.2, -0.15) is 0 Å². The van der Waals surface area contributed by atoms with Crippen LogP contribution in [0.25, 0.3) is 0 Å². The molecule has 0 atom stereocenters. The third-order valence-corrected chi connectivity index (χ3v) is 2.95. The first-order valence-electron chi connectivity index (χ1n) is 7.58. The lowest BCUT2D eigenvalue weighted by Crippen LogP contribution is -2.36. The van der Waals surface area contributed by atoms with Gasteiger partial charge in [0.2, 0.25) is 5.91 Å². The van der Waals surface area contributed by atoms with Crippen molar-refractivity contribution in [1.82, 2.24) is 15.3 Å². The van der Waals surface area contributed by atoms with Crippen LogP contribution in [0.2, 0.25) is 0 Å². The number of carbonyl (C=O) groups is 1. The normalized spacial score (nSPS) is 10.6. The first kappa shape index (κ1) is 17.2. The van der Waals surface area contributed by atoms with E-state index in [1.807, 2.05) is 31.9 Å².